The Hall–Kier alpha value is -3.08. The summed E-state index contributed by atoms with van der Waals surface area (Å²) in [7, 11) is 4.47. The van der Waals surface area contributed by atoms with Gasteiger partial charge in [0, 0.05) is 29.9 Å². The Morgan fingerprint density at radius 3 is 2.18 bits per heavy atom. The van der Waals surface area contributed by atoms with Gasteiger partial charge in [-0.15, -0.1) is 0 Å². The minimum Gasteiger partial charge on any atom is -0.493 e. The molecule has 210 valence electrons. The van der Waals surface area contributed by atoms with E-state index in [0.717, 1.165) is 0 Å². The summed E-state index contributed by atoms with van der Waals surface area (Å²) in [6.07, 6.45) is -0.0946. The number of rotatable bonds is 4. The summed E-state index contributed by atoms with van der Waals surface area (Å²) >= 11 is 0. The second-order valence-electron chi connectivity index (χ2n) is 11.9. The molecular weight excluding hydrogens is 508 g/mol. The van der Waals surface area contributed by atoms with Gasteiger partial charge >= 0.3 is 5.63 Å². The molecule has 2 aliphatic carbocycles. The summed E-state index contributed by atoms with van der Waals surface area (Å²) in [5.74, 6) is 1.35. The zero-order valence-corrected chi connectivity index (χ0v) is 23.0. The maximum atomic E-state index is 13.7. The Bertz CT molecular complexity index is 1420. The van der Waals surface area contributed by atoms with Crippen LogP contribution < -0.4 is 24.6 Å². The second-order valence-corrected chi connectivity index (χ2v) is 11.9. The maximum Gasteiger partial charge on any atom is 0.343 e. The second kappa shape index (κ2) is 7.99. The molecule has 2 aromatic rings. The van der Waals surface area contributed by atoms with Gasteiger partial charge in [0.1, 0.15) is 33.9 Å². The fourth-order valence-electron chi connectivity index (χ4n) is 7.73. The maximum absolute atomic E-state index is 13.7. The van der Waals surface area contributed by atoms with Crippen LogP contribution in [0.4, 0.5) is 0 Å². The zero-order chi connectivity index (χ0) is 28.2. The summed E-state index contributed by atoms with van der Waals surface area (Å²) < 4.78 is 34.5. The normalized spacial score (nSPS) is 35.8. The smallest absolute Gasteiger partial charge is 0.343 e. The molecule has 3 aliphatic heterocycles. The minimum atomic E-state index is -1.91. The number of methoxy groups -OCH3 is 3. The monoisotopic (exact) mass is 542 g/mol. The van der Waals surface area contributed by atoms with Crippen LogP contribution in [0.15, 0.2) is 27.4 Å². The van der Waals surface area contributed by atoms with Gasteiger partial charge in [-0.2, -0.15) is 0 Å². The number of hydrogen-bond acceptors (Lipinski definition) is 10. The Morgan fingerprint density at radius 1 is 0.923 bits per heavy atom. The first-order valence-electron chi connectivity index (χ1n) is 13.1. The van der Waals surface area contributed by atoms with E-state index >= 15 is 0 Å². The van der Waals surface area contributed by atoms with Gasteiger partial charge in [-0.3, -0.25) is 4.79 Å². The summed E-state index contributed by atoms with van der Waals surface area (Å²) in [6, 6.07) is 4.91. The zero-order valence-electron chi connectivity index (χ0n) is 23.0. The first kappa shape index (κ1) is 26.2. The topological polar surface area (TPSA) is 134 Å². The summed E-state index contributed by atoms with van der Waals surface area (Å²) in [5, 5.41) is 24.7. The number of fused-ring (bicyclic) bond motifs is 4. The number of Topliss-reactive ketones (excluding diaryl/α,β-unsaturated/α-hetero) is 1. The van der Waals surface area contributed by atoms with Crippen molar-refractivity contribution >= 4 is 5.78 Å². The van der Waals surface area contributed by atoms with E-state index in [4.69, 9.17) is 28.1 Å². The number of carbonyl (C=O) groups excluding carboxylic acids is 1. The van der Waals surface area contributed by atoms with Crippen molar-refractivity contribution in [3.63, 3.8) is 0 Å². The van der Waals surface area contributed by atoms with Gasteiger partial charge in [0.25, 0.3) is 0 Å². The summed E-state index contributed by atoms with van der Waals surface area (Å²) in [5.41, 5.74) is -7.32. The molecule has 1 aromatic carbocycles. The fourth-order valence-corrected chi connectivity index (χ4v) is 7.73. The molecule has 5 atom stereocenters. The SMILES string of the molecule is COc1cc(-c2cc3c(c(=O)o2)C[C@@]2(O)[C@]45CO[C@@H](CC4=O)C(C)(C)[C@@]5(O)CC[C@]2(C)O3)cc(OC)c1OC. The molecule has 4 fully saturated rings. The van der Waals surface area contributed by atoms with E-state index < -0.39 is 39.4 Å². The predicted octanol–water partition coefficient (Wildman–Crippen LogP) is 2.67. The number of ether oxygens (including phenoxy) is 5. The van der Waals surface area contributed by atoms with Gasteiger partial charge in [0.2, 0.25) is 5.75 Å². The van der Waals surface area contributed by atoms with Crippen LogP contribution in [0.2, 0.25) is 0 Å². The van der Waals surface area contributed by atoms with Crippen LogP contribution in [0, 0.1) is 10.8 Å². The van der Waals surface area contributed by atoms with E-state index in [9.17, 15) is 19.8 Å². The quantitative estimate of drug-likeness (QED) is 0.594. The van der Waals surface area contributed by atoms with Crippen molar-refractivity contribution in [2.75, 3.05) is 27.9 Å². The largest absolute Gasteiger partial charge is 0.493 e. The average Bonchev–Trinajstić information content (AvgIpc) is 2.90. The number of ketones is 1. The van der Waals surface area contributed by atoms with Crippen LogP contribution in [0.5, 0.6) is 23.0 Å². The van der Waals surface area contributed by atoms with Crippen LogP contribution in [0.1, 0.15) is 45.6 Å². The van der Waals surface area contributed by atoms with Crippen molar-refractivity contribution in [1.29, 1.82) is 0 Å². The number of carbonyl (C=O) groups is 1. The molecule has 39 heavy (non-hydrogen) atoms. The highest BCUT2D eigenvalue weighted by atomic mass is 16.5. The van der Waals surface area contributed by atoms with Crippen molar-refractivity contribution in [3.8, 4) is 34.3 Å². The molecule has 5 aliphatic rings. The van der Waals surface area contributed by atoms with Crippen LogP contribution in [0.3, 0.4) is 0 Å². The molecule has 2 saturated heterocycles. The van der Waals surface area contributed by atoms with Crippen molar-refractivity contribution in [3.05, 3.63) is 34.2 Å². The fraction of sp³-hybridized carbons (Fsp3) is 0.586. The first-order valence-corrected chi connectivity index (χ1v) is 13.1. The summed E-state index contributed by atoms with van der Waals surface area (Å²) in [6.45, 7) is 5.34. The van der Waals surface area contributed by atoms with E-state index in [1.165, 1.54) is 21.3 Å². The molecule has 0 amide bonds. The van der Waals surface area contributed by atoms with Crippen molar-refractivity contribution in [2.24, 2.45) is 10.8 Å². The van der Waals surface area contributed by atoms with E-state index in [1.54, 1.807) is 25.1 Å². The molecule has 2 saturated carbocycles. The molecule has 2 N–H and O–H groups in total. The highest BCUT2D eigenvalue weighted by molar-refractivity contribution is 5.91. The molecule has 10 nitrogen and oxygen atoms in total. The van der Waals surface area contributed by atoms with Gasteiger partial charge in [0.05, 0.1) is 45.2 Å². The first-order chi connectivity index (χ1) is 18.3. The summed E-state index contributed by atoms with van der Waals surface area (Å²) in [4.78, 5) is 27.2. The van der Waals surface area contributed by atoms with Crippen LogP contribution in [0.25, 0.3) is 11.3 Å². The molecule has 1 aromatic heterocycles. The van der Waals surface area contributed by atoms with Crippen LogP contribution >= 0.6 is 0 Å². The highest BCUT2D eigenvalue weighted by Gasteiger charge is 2.83. The molecule has 0 radical (unpaired) electrons. The highest BCUT2D eigenvalue weighted by Crippen LogP contribution is 2.69. The molecule has 2 bridgehead atoms. The lowest BCUT2D eigenvalue weighted by atomic mass is 9.37. The van der Waals surface area contributed by atoms with Crippen molar-refractivity contribution < 1.29 is 43.1 Å². The molecular formula is C29H34O10. The van der Waals surface area contributed by atoms with Gasteiger partial charge in [-0.05, 0) is 31.9 Å². The van der Waals surface area contributed by atoms with E-state index in [-0.39, 0.29) is 55.1 Å². The lowest BCUT2D eigenvalue weighted by Crippen LogP contribution is -2.88. The predicted molar refractivity (Wildman–Crippen MR) is 138 cm³/mol. The molecule has 4 heterocycles. The Kier molecular flexibility index (Phi) is 5.36. The minimum absolute atomic E-state index is 0.0786. The molecule has 7 rings (SSSR count). The van der Waals surface area contributed by atoms with E-state index in [1.807, 2.05) is 13.8 Å². The van der Waals surface area contributed by atoms with Gasteiger partial charge in [0.15, 0.2) is 11.5 Å². The average molecular weight is 543 g/mol. The van der Waals surface area contributed by atoms with Crippen molar-refractivity contribution in [2.45, 2.75) is 69.4 Å². The third kappa shape index (κ3) is 2.92. The third-order valence-corrected chi connectivity index (χ3v) is 10.2. The van der Waals surface area contributed by atoms with Gasteiger partial charge in [-0.25, -0.2) is 4.79 Å². The van der Waals surface area contributed by atoms with Gasteiger partial charge in [-0.1, -0.05) is 13.8 Å². The number of aliphatic hydroxyl groups is 2. The molecule has 1 spiro atoms. The van der Waals surface area contributed by atoms with Crippen LogP contribution in [-0.4, -0.2) is 66.8 Å². The van der Waals surface area contributed by atoms with Crippen molar-refractivity contribution in [1.82, 2.24) is 0 Å². The lowest BCUT2D eigenvalue weighted by molar-refractivity contribution is -0.369. The van der Waals surface area contributed by atoms with Gasteiger partial charge < -0.3 is 38.3 Å². The lowest BCUT2D eigenvalue weighted by Gasteiger charge is -2.73. The van der Waals surface area contributed by atoms with E-state index in [0.29, 0.717) is 22.8 Å². The standard InChI is InChI=1S/C29H34O10/c1-25(2)22-12-21(30)27(14-37-22)28(25,32)8-7-26(3)29(27,33)13-16-18(39-26)11-17(38-24(16)31)15-9-19(34-4)23(36-6)20(10-15)35-5/h9-11,22,32-33H,7-8,12-14H2,1-6H3/t22-,26-,27+,28-,29-/m0/s1. The third-order valence-electron chi connectivity index (χ3n) is 10.2. The number of hydrogen-bond donors (Lipinski definition) is 2. The Labute approximate surface area is 225 Å². The molecule has 0 unspecified atom stereocenters. The molecule has 10 heteroatoms. The van der Waals surface area contributed by atoms with E-state index in [2.05, 4.69) is 0 Å². The number of benzene rings is 1. The Morgan fingerprint density at radius 2 is 1.59 bits per heavy atom. The Balaban J connectivity index is 1.50. The van der Waals surface area contributed by atoms with Crippen LogP contribution in [-0.2, 0) is 16.0 Å².